The molecule has 102 valence electrons. The van der Waals surface area contributed by atoms with Gasteiger partial charge in [-0.25, -0.2) is 4.79 Å². The standard InChI is InChI=1S/C12H20N2O3S/c13-8-12(2-1-3-12)6-10(15)14-4-5-18-7-9(14)11(16)17/h9H,1-8,13H2,(H,16,17). The van der Waals surface area contributed by atoms with Gasteiger partial charge in [0.15, 0.2) is 0 Å². The van der Waals surface area contributed by atoms with E-state index in [2.05, 4.69) is 0 Å². The summed E-state index contributed by atoms with van der Waals surface area (Å²) in [5.74, 6) is 0.390. The highest BCUT2D eigenvalue weighted by molar-refractivity contribution is 7.99. The van der Waals surface area contributed by atoms with Gasteiger partial charge < -0.3 is 15.7 Å². The van der Waals surface area contributed by atoms with Crippen LogP contribution in [-0.2, 0) is 9.59 Å². The van der Waals surface area contributed by atoms with E-state index in [4.69, 9.17) is 10.8 Å². The normalized spacial score (nSPS) is 26.5. The quantitative estimate of drug-likeness (QED) is 0.780. The Kier molecular flexibility index (Phi) is 4.17. The first kappa shape index (κ1) is 13.7. The molecule has 1 saturated carbocycles. The van der Waals surface area contributed by atoms with Gasteiger partial charge in [0.2, 0.25) is 5.91 Å². The summed E-state index contributed by atoms with van der Waals surface area (Å²) in [5, 5.41) is 9.15. The van der Waals surface area contributed by atoms with Crippen molar-refractivity contribution < 1.29 is 14.7 Å². The second kappa shape index (κ2) is 5.48. The van der Waals surface area contributed by atoms with Crippen molar-refractivity contribution >= 4 is 23.6 Å². The Bertz CT molecular complexity index is 339. The van der Waals surface area contributed by atoms with Crippen LogP contribution in [0.3, 0.4) is 0 Å². The van der Waals surface area contributed by atoms with Crippen LogP contribution in [0, 0.1) is 5.41 Å². The summed E-state index contributed by atoms with van der Waals surface area (Å²) in [6.07, 6.45) is 3.53. The van der Waals surface area contributed by atoms with Gasteiger partial charge in [0.1, 0.15) is 6.04 Å². The van der Waals surface area contributed by atoms with Crippen LogP contribution in [0.1, 0.15) is 25.7 Å². The van der Waals surface area contributed by atoms with Gasteiger partial charge in [-0.15, -0.1) is 0 Å². The van der Waals surface area contributed by atoms with E-state index >= 15 is 0 Å². The number of amides is 1. The number of aliphatic carboxylic acids is 1. The van der Waals surface area contributed by atoms with E-state index in [0.717, 1.165) is 25.0 Å². The molecule has 0 radical (unpaired) electrons. The van der Waals surface area contributed by atoms with E-state index in [0.29, 0.717) is 25.3 Å². The Balaban J connectivity index is 2.00. The highest BCUT2D eigenvalue weighted by Gasteiger charge is 2.41. The van der Waals surface area contributed by atoms with Crippen molar-refractivity contribution in [3.05, 3.63) is 0 Å². The van der Waals surface area contributed by atoms with Crippen LogP contribution in [0.5, 0.6) is 0 Å². The van der Waals surface area contributed by atoms with Crippen molar-refractivity contribution in [2.24, 2.45) is 11.1 Å². The lowest BCUT2D eigenvalue weighted by atomic mass is 9.66. The summed E-state index contributed by atoms with van der Waals surface area (Å²) in [4.78, 5) is 25.0. The molecular formula is C12H20N2O3S. The maximum atomic E-state index is 12.3. The number of carboxylic acid groups (broad SMARTS) is 1. The highest BCUT2D eigenvalue weighted by Crippen LogP contribution is 2.43. The molecule has 1 saturated heterocycles. The van der Waals surface area contributed by atoms with Gasteiger partial charge in [0, 0.05) is 24.5 Å². The molecule has 0 aromatic heterocycles. The number of carbonyl (C=O) groups excluding carboxylic acids is 1. The van der Waals surface area contributed by atoms with E-state index < -0.39 is 12.0 Å². The number of hydrogen-bond acceptors (Lipinski definition) is 4. The Hall–Kier alpha value is -0.750. The maximum Gasteiger partial charge on any atom is 0.327 e. The molecule has 1 unspecified atom stereocenters. The predicted octanol–water partition coefficient (Wildman–Crippen LogP) is 0.534. The topological polar surface area (TPSA) is 83.6 Å². The van der Waals surface area contributed by atoms with Crippen molar-refractivity contribution in [1.29, 1.82) is 0 Å². The SMILES string of the molecule is NCC1(CC(=O)N2CCSCC2C(=O)O)CCC1. The molecule has 2 aliphatic rings. The highest BCUT2D eigenvalue weighted by atomic mass is 32.2. The van der Waals surface area contributed by atoms with Gasteiger partial charge in [0.05, 0.1) is 0 Å². The van der Waals surface area contributed by atoms with Crippen LogP contribution in [0.15, 0.2) is 0 Å². The second-order valence-electron chi connectivity index (χ2n) is 5.25. The molecule has 3 N–H and O–H groups in total. The van der Waals surface area contributed by atoms with Crippen LogP contribution in [0.4, 0.5) is 0 Å². The van der Waals surface area contributed by atoms with Crippen molar-refractivity contribution in [3.63, 3.8) is 0 Å². The summed E-state index contributed by atoms with van der Waals surface area (Å²) in [7, 11) is 0. The molecule has 18 heavy (non-hydrogen) atoms. The van der Waals surface area contributed by atoms with Crippen LogP contribution in [0.2, 0.25) is 0 Å². The van der Waals surface area contributed by atoms with E-state index in [9.17, 15) is 9.59 Å². The van der Waals surface area contributed by atoms with Crippen LogP contribution in [0.25, 0.3) is 0 Å². The molecule has 2 rings (SSSR count). The molecule has 2 fully saturated rings. The molecule has 1 aliphatic heterocycles. The zero-order valence-electron chi connectivity index (χ0n) is 10.4. The Morgan fingerprint density at radius 2 is 2.17 bits per heavy atom. The zero-order valence-corrected chi connectivity index (χ0v) is 11.2. The summed E-state index contributed by atoms with van der Waals surface area (Å²) in [6, 6.07) is -0.661. The smallest absolute Gasteiger partial charge is 0.327 e. The molecule has 0 aromatic rings. The number of carboxylic acids is 1. The monoisotopic (exact) mass is 272 g/mol. The zero-order chi connectivity index (χ0) is 13.2. The summed E-state index contributed by atoms with van der Waals surface area (Å²) in [6.45, 7) is 1.07. The maximum absolute atomic E-state index is 12.3. The summed E-state index contributed by atoms with van der Waals surface area (Å²) in [5.41, 5.74) is 5.70. The molecule has 0 spiro atoms. The van der Waals surface area contributed by atoms with Crippen LogP contribution in [-0.4, -0.2) is 52.5 Å². The second-order valence-corrected chi connectivity index (χ2v) is 6.40. The van der Waals surface area contributed by atoms with Gasteiger partial charge in [0.25, 0.3) is 0 Å². The Morgan fingerprint density at radius 3 is 2.67 bits per heavy atom. The fourth-order valence-electron chi connectivity index (χ4n) is 2.66. The molecule has 0 bridgehead atoms. The molecule has 1 atom stereocenters. The Labute approximate surface area is 111 Å². The predicted molar refractivity (Wildman–Crippen MR) is 70.4 cm³/mol. The fourth-order valence-corrected chi connectivity index (χ4v) is 3.70. The van der Waals surface area contributed by atoms with Crippen LogP contribution < -0.4 is 5.73 Å². The third kappa shape index (κ3) is 2.64. The fraction of sp³-hybridized carbons (Fsp3) is 0.833. The number of nitrogens with zero attached hydrogens (tertiary/aromatic N) is 1. The van der Waals surface area contributed by atoms with Gasteiger partial charge in [-0.3, -0.25) is 4.79 Å². The minimum atomic E-state index is -0.897. The molecule has 1 aliphatic carbocycles. The van der Waals surface area contributed by atoms with E-state index in [1.54, 1.807) is 11.8 Å². The number of thioether (sulfide) groups is 1. The number of carbonyl (C=O) groups is 2. The average molecular weight is 272 g/mol. The first-order valence-electron chi connectivity index (χ1n) is 6.38. The molecule has 0 aromatic carbocycles. The summed E-state index contributed by atoms with van der Waals surface area (Å²) < 4.78 is 0. The molecule has 6 heteroatoms. The van der Waals surface area contributed by atoms with Gasteiger partial charge in [-0.1, -0.05) is 6.42 Å². The minimum Gasteiger partial charge on any atom is -0.480 e. The van der Waals surface area contributed by atoms with E-state index in [1.807, 2.05) is 0 Å². The Morgan fingerprint density at radius 1 is 1.44 bits per heavy atom. The van der Waals surface area contributed by atoms with Gasteiger partial charge in [-0.05, 0) is 24.8 Å². The molecule has 1 heterocycles. The lowest BCUT2D eigenvalue weighted by molar-refractivity contribution is -0.150. The van der Waals surface area contributed by atoms with Gasteiger partial charge >= 0.3 is 5.97 Å². The number of hydrogen-bond donors (Lipinski definition) is 2. The largest absolute Gasteiger partial charge is 0.480 e. The lowest BCUT2D eigenvalue weighted by Crippen LogP contribution is -2.52. The van der Waals surface area contributed by atoms with Crippen molar-refractivity contribution in [3.8, 4) is 0 Å². The van der Waals surface area contributed by atoms with Crippen LogP contribution >= 0.6 is 11.8 Å². The van der Waals surface area contributed by atoms with Gasteiger partial charge in [-0.2, -0.15) is 11.8 Å². The number of nitrogens with two attached hydrogens (primary N) is 1. The average Bonchev–Trinajstić information content (AvgIpc) is 2.33. The lowest BCUT2D eigenvalue weighted by Gasteiger charge is -2.42. The first-order valence-corrected chi connectivity index (χ1v) is 7.53. The van der Waals surface area contributed by atoms with Crippen molar-refractivity contribution in [1.82, 2.24) is 4.90 Å². The molecule has 1 amide bonds. The molecular weight excluding hydrogens is 252 g/mol. The summed E-state index contributed by atoms with van der Waals surface area (Å²) >= 11 is 1.60. The number of rotatable bonds is 4. The van der Waals surface area contributed by atoms with Crippen molar-refractivity contribution in [2.75, 3.05) is 24.6 Å². The molecule has 5 nitrogen and oxygen atoms in total. The van der Waals surface area contributed by atoms with Crippen molar-refractivity contribution in [2.45, 2.75) is 31.7 Å². The minimum absolute atomic E-state index is 0.0344. The first-order chi connectivity index (χ1) is 8.58. The third-order valence-electron chi connectivity index (χ3n) is 4.11. The van der Waals surface area contributed by atoms with E-state index in [1.165, 1.54) is 4.90 Å². The third-order valence-corrected chi connectivity index (χ3v) is 5.13. The van der Waals surface area contributed by atoms with E-state index in [-0.39, 0.29) is 11.3 Å².